The second-order valence-electron chi connectivity index (χ2n) is 8.19. The molecule has 2 N–H and O–H groups in total. The van der Waals surface area contributed by atoms with Crippen LogP contribution in [0.3, 0.4) is 0 Å². The average Bonchev–Trinajstić information content (AvgIpc) is 2.57. The molecule has 7 nitrogen and oxygen atoms in total. The summed E-state index contributed by atoms with van der Waals surface area (Å²) in [7, 11) is -3.33. The SMILES string of the molecule is CC1(NC(=O)C2(NC(=O)OCc3ccccc3)CC(F)(F)C2)CCCS(=O)(=O)C1. The molecule has 1 saturated heterocycles. The van der Waals surface area contributed by atoms with E-state index in [2.05, 4.69) is 10.6 Å². The first-order valence-electron chi connectivity index (χ1n) is 9.33. The molecule has 160 valence electrons. The van der Waals surface area contributed by atoms with Gasteiger partial charge in [-0.05, 0) is 25.3 Å². The molecular weight excluding hydrogens is 406 g/mol. The zero-order valence-electron chi connectivity index (χ0n) is 16.0. The molecule has 0 aromatic heterocycles. The van der Waals surface area contributed by atoms with E-state index < -0.39 is 51.7 Å². The minimum atomic E-state index is -3.33. The van der Waals surface area contributed by atoms with Gasteiger partial charge in [0.25, 0.3) is 5.92 Å². The monoisotopic (exact) mass is 430 g/mol. The van der Waals surface area contributed by atoms with E-state index in [0.29, 0.717) is 18.4 Å². The first kappa shape index (κ1) is 21.5. The first-order valence-corrected chi connectivity index (χ1v) is 11.1. The van der Waals surface area contributed by atoms with Gasteiger partial charge in [-0.3, -0.25) is 4.79 Å². The van der Waals surface area contributed by atoms with Gasteiger partial charge in [-0.15, -0.1) is 0 Å². The minimum absolute atomic E-state index is 0.0335. The summed E-state index contributed by atoms with van der Waals surface area (Å²) >= 11 is 0. The van der Waals surface area contributed by atoms with E-state index in [1.54, 1.807) is 37.3 Å². The second kappa shape index (κ2) is 7.55. The second-order valence-corrected chi connectivity index (χ2v) is 10.4. The van der Waals surface area contributed by atoms with E-state index >= 15 is 0 Å². The molecule has 1 aromatic rings. The van der Waals surface area contributed by atoms with Crippen LogP contribution in [0.4, 0.5) is 13.6 Å². The molecule has 1 unspecified atom stereocenters. The number of alkyl halides is 2. The number of hydrogen-bond acceptors (Lipinski definition) is 5. The van der Waals surface area contributed by atoms with Crippen molar-refractivity contribution >= 4 is 21.8 Å². The molecular formula is C19H24F2N2O5S. The molecule has 1 aromatic carbocycles. The lowest BCUT2D eigenvalue weighted by Crippen LogP contribution is -2.72. The van der Waals surface area contributed by atoms with E-state index in [9.17, 15) is 26.8 Å². The number of rotatable bonds is 5. The van der Waals surface area contributed by atoms with Gasteiger partial charge in [0, 0.05) is 12.8 Å². The van der Waals surface area contributed by atoms with Crippen LogP contribution in [0.15, 0.2) is 30.3 Å². The molecule has 3 rings (SSSR count). The van der Waals surface area contributed by atoms with Crippen LogP contribution in [0, 0.1) is 0 Å². The summed E-state index contributed by atoms with van der Waals surface area (Å²) in [5.41, 5.74) is -2.19. The van der Waals surface area contributed by atoms with Gasteiger partial charge in [-0.25, -0.2) is 22.0 Å². The number of alkyl carbamates (subject to hydrolysis) is 1. The molecule has 2 aliphatic rings. The Balaban J connectivity index is 1.66. The van der Waals surface area contributed by atoms with Gasteiger partial charge >= 0.3 is 6.09 Å². The molecule has 1 atom stereocenters. The maximum Gasteiger partial charge on any atom is 0.408 e. The van der Waals surface area contributed by atoms with Gasteiger partial charge in [0.05, 0.1) is 17.0 Å². The number of nitrogens with one attached hydrogen (secondary N) is 2. The third-order valence-corrected chi connectivity index (χ3v) is 7.23. The van der Waals surface area contributed by atoms with Crippen molar-refractivity contribution in [2.45, 2.75) is 56.2 Å². The summed E-state index contributed by atoms with van der Waals surface area (Å²) in [6.07, 6.45) is -1.94. The van der Waals surface area contributed by atoms with Crippen molar-refractivity contribution in [3.8, 4) is 0 Å². The molecule has 0 spiro atoms. The standard InChI is InChI=1S/C19H24F2N2O5S/c1-17(8-5-9-29(26,27)13-17)22-15(24)18(11-19(20,21)12-18)23-16(25)28-10-14-6-3-2-4-7-14/h2-4,6-7H,5,8-13H2,1H3,(H,22,24)(H,23,25). The average molecular weight is 430 g/mol. The number of carbonyl (C=O) groups excluding carboxylic acids is 2. The maximum absolute atomic E-state index is 13.6. The molecule has 1 aliphatic carbocycles. The van der Waals surface area contributed by atoms with Gasteiger partial charge in [-0.2, -0.15) is 0 Å². The molecule has 10 heteroatoms. The van der Waals surface area contributed by atoms with Crippen molar-refractivity contribution in [3.05, 3.63) is 35.9 Å². The number of halogens is 2. The van der Waals surface area contributed by atoms with E-state index in [-0.39, 0.29) is 18.1 Å². The van der Waals surface area contributed by atoms with Crippen LogP contribution in [0.5, 0.6) is 0 Å². The Morgan fingerprint density at radius 2 is 1.79 bits per heavy atom. The number of benzene rings is 1. The minimum Gasteiger partial charge on any atom is -0.445 e. The van der Waals surface area contributed by atoms with E-state index in [4.69, 9.17) is 4.74 Å². The van der Waals surface area contributed by atoms with E-state index in [0.717, 1.165) is 0 Å². The lowest BCUT2D eigenvalue weighted by molar-refractivity contribution is -0.162. The highest BCUT2D eigenvalue weighted by molar-refractivity contribution is 7.91. The Kier molecular flexibility index (Phi) is 5.59. The summed E-state index contributed by atoms with van der Waals surface area (Å²) < 4.78 is 56.1. The molecule has 2 fully saturated rings. The first-order chi connectivity index (χ1) is 13.4. The summed E-state index contributed by atoms with van der Waals surface area (Å²) in [4.78, 5) is 25.0. The molecule has 0 radical (unpaired) electrons. The molecule has 1 saturated carbocycles. The van der Waals surface area contributed by atoms with Crippen molar-refractivity contribution < 1.29 is 31.5 Å². The smallest absolute Gasteiger partial charge is 0.408 e. The van der Waals surface area contributed by atoms with Crippen LogP contribution in [0.1, 0.15) is 38.2 Å². The van der Waals surface area contributed by atoms with Crippen LogP contribution in [0.2, 0.25) is 0 Å². The molecule has 29 heavy (non-hydrogen) atoms. The highest BCUT2D eigenvalue weighted by atomic mass is 32.2. The maximum atomic E-state index is 13.6. The quantitative estimate of drug-likeness (QED) is 0.746. The summed E-state index contributed by atoms with van der Waals surface area (Å²) in [5.74, 6) is -4.15. The topological polar surface area (TPSA) is 102 Å². The van der Waals surface area contributed by atoms with Crippen LogP contribution >= 0.6 is 0 Å². The third-order valence-electron chi connectivity index (χ3n) is 5.25. The Hall–Kier alpha value is -2.23. The van der Waals surface area contributed by atoms with Gasteiger partial charge in [0.15, 0.2) is 9.84 Å². The number of hydrogen-bond donors (Lipinski definition) is 2. The lowest BCUT2D eigenvalue weighted by atomic mass is 9.72. The predicted molar refractivity (Wildman–Crippen MR) is 101 cm³/mol. The Morgan fingerprint density at radius 3 is 2.38 bits per heavy atom. The highest BCUT2D eigenvalue weighted by Crippen LogP contribution is 2.46. The lowest BCUT2D eigenvalue weighted by Gasteiger charge is -2.47. The molecule has 2 amide bonds. The van der Waals surface area contributed by atoms with Crippen molar-refractivity contribution in [3.63, 3.8) is 0 Å². The van der Waals surface area contributed by atoms with Crippen LogP contribution < -0.4 is 10.6 Å². The zero-order chi connectivity index (χ0) is 21.3. The van der Waals surface area contributed by atoms with Crippen molar-refractivity contribution in [1.29, 1.82) is 0 Å². The van der Waals surface area contributed by atoms with Gasteiger partial charge < -0.3 is 15.4 Å². The van der Waals surface area contributed by atoms with Crippen LogP contribution in [-0.4, -0.2) is 48.9 Å². The Morgan fingerprint density at radius 1 is 1.14 bits per heavy atom. The Bertz CT molecular complexity index is 883. The fraction of sp³-hybridized carbons (Fsp3) is 0.579. The third kappa shape index (κ3) is 5.23. The van der Waals surface area contributed by atoms with Crippen molar-refractivity contribution in [1.82, 2.24) is 10.6 Å². The van der Waals surface area contributed by atoms with Gasteiger partial charge in [-0.1, -0.05) is 30.3 Å². The number of carbonyl (C=O) groups is 2. The predicted octanol–water partition coefficient (Wildman–Crippen LogP) is 2.16. The van der Waals surface area contributed by atoms with Crippen LogP contribution in [-0.2, 0) is 26.0 Å². The molecule has 0 bridgehead atoms. The number of ether oxygens (including phenoxy) is 1. The fourth-order valence-electron chi connectivity index (χ4n) is 3.90. The largest absolute Gasteiger partial charge is 0.445 e. The summed E-state index contributed by atoms with van der Waals surface area (Å²) in [5, 5.41) is 4.87. The summed E-state index contributed by atoms with van der Waals surface area (Å²) in [6.45, 7) is 1.50. The summed E-state index contributed by atoms with van der Waals surface area (Å²) in [6, 6.07) is 8.79. The molecule has 1 heterocycles. The van der Waals surface area contributed by atoms with E-state index in [1.807, 2.05) is 0 Å². The molecule has 1 aliphatic heterocycles. The Labute approximate surface area is 168 Å². The van der Waals surface area contributed by atoms with Crippen LogP contribution in [0.25, 0.3) is 0 Å². The number of sulfone groups is 1. The fourth-order valence-corrected chi connectivity index (χ4v) is 5.81. The van der Waals surface area contributed by atoms with Gasteiger partial charge in [0.2, 0.25) is 5.91 Å². The van der Waals surface area contributed by atoms with E-state index in [1.165, 1.54) is 0 Å². The van der Waals surface area contributed by atoms with Crippen molar-refractivity contribution in [2.75, 3.05) is 11.5 Å². The van der Waals surface area contributed by atoms with Gasteiger partial charge in [0.1, 0.15) is 12.1 Å². The van der Waals surface area contributed by atoms with Crippen molar-refractivity contribution in [2.24, 2.45) is 0 Å². The zero-order valence-corrected chi connectivity index (χ0v) is 16.9. The highest BCUT2D eigenvalue weighted by Gasteiger charge is 2.62. The number of amides is 2. The normalized spacial score (nSPS) is 26.6.